The van der Waals surface area contributed by atoms with E-state index in [2.05, 4.69) is 10.3 Å². The lowest BCUT2D eigenvalue weighted by atomic mass is 10.1. The Morgan fingerprint density at radius 1 is 1.03 bits per heavy atom. The average Bonchev–Trinajstić information content (AvgIpc) is 3.18. The summed E-state index contributed by atoms with van der Waals surface area (Å²) < 4.78 is 5.41. The Bertz CT molecular complexity index is 1030. The first-order valence-electron chi connectivity index (χ1n) is 9.54. The van der Waals surface area contributed by atoms with Gasteiger partial charge < -0.3 is 15.0 Å². The zero-order valence-corrected chi connectivity index (χ0v) is 16.1. The maximum atomic E-state index is 12.8. The normalized spacial score (nSPS) is 12.4. The van der Waals surface area contributed by atoms with Crippen molar-refractivity contribution < 1.29 is 14.3 Å². The highest BCUT2D eigenvalue weighted by molar-refractivity contribution is 6.08. The lowest BCUT2D eigenvalue weighted by Gasteiger charge is -2.18. The summed E-state index contributed by atoms with van der Waals surface area (Å²) in [5, 5.41) is 2.91. The molecule has 1 N–H and O–H groups in total. The second-order valence-corrected chi connectivity index (χ2v) is 6.70. The molecule has 4 rings (SSSR count). The zero-order chi connectivity index (χ0) is 20.2. The first kappa shape index (κ1) is 18.7. The molecule has 0 aliphatic carbocycles. The number of rotatable bonds is 5. The van der Waals surface area contributed by atoms with Gasteiger partial charge in [-0.3, -0.25) is 14.6 Å². The Kier molecular flexibility index (Phi) is 5.24. The number of hydrogen-bond donors (Lipinski definition) is 1. The molecule has 1 aliphatic rings. The molecule has 6 heteroatoms. The van der Waals surface area contributed by atoms with E-state index in [-0.39, 0.29) is 11.8 Å². The summed E-state index contributed by atoms with van der Waals surface area (Å²) in [4.78, 5) is 31.1. The first-order chi connectivity index (χ1) is 14.2. The summed E-state index contributed by atoms with van der Waals surface area (Å²) in [5.74, 6) is 0.450. The third-order valence-corrected chi connectivity index (χ3v) is 4.84. The Morgan fingerprint density at radius 2 is 1.79 bits per heavy atom. The van der Waals surface area contributed by atoms with Crippen molar-refractivity contribution in [3.63, 3.8) is 0 Å². The van der Waals surface area contributed by atoms with Gasteiger partial charge in [-0.15, -0.1) is 0 Å². The third-order valence-electron chi connectivity index (χ3n) is 4.84. The van der Waals surface area contributed by atoms with Crippen LogP contribution in [0, 0.1) is 0 Å². The van der Waals surface area contributed by atoms with Crippen LogP contribution in [-0.2, 0) is 6.42 Å². The van der Waals surface area contributed by atoms with Crippen LogP contribution in [0.15, 0.2) is 67.0 Å². The van der Waals surface area contributed by atoms with Gasteiger partial charge in [-0.05, 0) is 67.4 Å². The number of nitrogens with one attached hydrogen (secondary N) is 1. The molecule has 0 atom stereocenters. The minimum Gasteiger partial charge on any atom is -0.494 e. The molecule has 2 aromatic carbocycles. The van der Waals surface area contributed by atoms with Crippen molar-refractivity contribution in [3.05, 3.63) is 83.7 Å². The highest BCUT2D eigenvalue weighted by Crippen LogP contribution is 2.32. The predicted molar refractivity (Wildman–Crippen MR) is 112 cm³/mol. The van der Waals surface area contributed by atoms with Gasteiger partial charge in [0.1, 0.15) is 5.75 Å². The highest BCUT2D eigenvalue weighted by atomic mass is 16.5. The molecule has 146 valence electrons. The fourth-order valence-electron chi connectivity index (χ4n) is 3.39. The molecule has 2 amide bonds. The van der Waals surface area contributed by atoms with E-state index in [9.17, 15) is 9.59 Å². The van der Waals surface area contributed by atoms with Crippen molar-refractivity contribution in [2.75, 3.05) is 23.4 Å². The number of nitrogens with zero attached hydrogens (tertiary/aromatic N) is 2. The molecule has 0 radical (unpaired) electrons. The van der Waals surface area contributed by atoms with Crippen LogP contribution in [0.1, 0.15) is 33.2 Å². The summed E-state index contributed by atoms with van der Waals surface area (Å²) >= 11 is 0. The van der Waals surface area contributed by atoms with E-state index in [4.69, 9.17) is 4.74 Å². The van der Waals surface area contributed by atoms with E-state index in [0.717, 1.165) is 23.4 Å². The number of carbonyl (C=O) groups is 2. The minimum atomic E-state index is -0.210. The molecule has 0 bridgehead atoms. The number of anilines is 2. The van der Waals surface area contributed by atoms with Crippen LogP contribution in [0.25, 0.3) is 0 Å². The smallest absolute Gasteiger partial charge is 0.258 e. The lowest BCUT2D eigenvalue weighted by Crippen LogP contribution is -2.28. The SMILES string of the molecule is CCOc1ccc(C(=O)Nc2ccc3c(c2)N(C(=O)c2ccncc2)CC3)cc1. The summed E-state index contributed by atoms with van der Waals surface area (Å²) in [5.41, 5.74) is 3.70. The average molecular weight is 387 g/mol. The summed E-state index contributed by atoms with van der Waals surface area (Å²) in [6.07, 6.45) is 4.01. The number of amides is 2. The summed E-state index contributed by atoms with van der Waals surface area (Å²) in [6.45, 7) is 3.11. The van der Waals surface area contributed by atoms with E-state index in [1.54, 1.807) is 53.7 Å². The second-order valence-electron chi connectivity index (χ2n) is 6.70. The van der Waals surface area contributed by atoms with E-state index < -0.39 is 0 Å². The molecule has 29 heavy (non-hydrogen) atoms. The predicted octanol–water partition coefficient (Wildman–Crippen LogP) is 3.94. The fraction of sp³-hybridized carbons (Fsp3) is 0.174. The summed E-state index contributed by atoms with van der Waals surface area (Å²) in [6, 6.07) is 16.1. The number of hydrogen-bond acceptors (Lipinski definition) is 4. The van der Waals surface area contributed by atoms with E-state index in [1.165, 1.54) is 0 Å². The molecule has 0 unspecified atom stereocenters. The number of carbonyl (C=O) groups excluding carboxylic acids is 2. The monoisotopic (exact) mass is 387 g/mol. The van der Waals surface area contributed by atoms with E-state index in [0.29, 0.717) is 30.0 Å². The van der Waals surface area contributed by atoms with Gasteiger partial charge >= 0.3 is 0 Å². The zero-order valence-electron chi connectivity index (χ0n) is 16.1. The lowest BCUT2D eigenvalue weighted by molar-refractivity contribution is 0.0988. The van der Waals surface area contributed by atoms with Crippen LogP contribution >= 0.6 is 0 Å². The van der Waals surface area contributed by atoms with E-state index >= 15 is 0 Å². The molecule has 2 heterocycles. The Balaban J connectivity index is 1.52. The van der Waals surface area contributed by atoms with Crippen LogP contribution in [0.4, 0.5) is 11.4 Å². The Labute approximate surface area is 169 Å². The molecule has 0 saturated carbocycles. The van der Waals surface area contributed by atoms with E-state index in [1.807, 2.05) is 25.1 Å². The molecule has 0 fully saturated rings. The number of pyridine rings is 1. The number of ether oxygens (including phenoxy) is 1. The number of fused-ring (bicyclic) bond motifs is 1. The van der Waals surface area contributed by atoms with Crippen molar-refractivity contribution in [1.29, 1.82) is 0 Å². The second kappa shape index (κ2) is 8.14. The maximum absolute atomic E-state index is 12.8. The van der Waals surface area contributed by atoms with Crippen molar-refractivity contribution in [3.8, 4) is 5.75 Å². The van der Waals surface area contributed by atoms with Crippen molar-refractivity contribution in [2.24, 2.45) is 0 Å². The van der Waals surface area contributed by atoms with Gasteiger partial charge in [0.05, 0.1) is 6.61 Å². The standard InChI is InChI=1S/C23H21N3O3/c1-2-29-20-7-4-17(5-8-20)22(27)25-19-6-3-16-11-14-26(21(16)15-19)23(28)18-9-12-24-13-10-18/h3-10,12-13,15H,2,11,14H2,1H3,(H,25,27). The topological polar surface area (TPSA) is 71.5 Å². The van der Waals surface area contributed by atoms with Crippen molar-refractivity contribution in [1.82, 2.24) is 4.98 Å². The molecular weight excluding hydrogens is 366 g/mol. The van der Waals surface area contributed by atoms with Crippen LogP contribution in [-0.4, -0.2) is 29.9 Å². The highest BCUT2D eigenvalue weighted by Gasteiger charge is 2.26. The van der Waals surface area contributed by atoms with Gasteiger partial charge in [-0.2, -0.15) is 0 Å². The minimum absolute atomic E-state index is 0.0684. The molecule has 0 saturated heterocycles. The number of benzene rings is 2. The molecule has 6 nitrogen and oxygen atoms in total. The molecule has 1 aromatic heterocycles. The fourth-order valence-corrected chi connectivity index (χ4v) is 3.39. The van der Waals surface area contributed by atoms with Gasteiger partial charge in [0, 0.05) is 41.4 Å². The molecule has 1 aliphatic heterocycles. The van der Waals surface area contributed by atoms with Gasteiger partial charge in [-0.25, -0.2) is 0 Å². The number of aromatic nitrogens is 1. The van der Waals surface area contributed by atoms with Gasteiger partial charge in [0.15, 0.2) is 0 Å². The van der Waals surface area contributed by atoms with Gasteiger partial charge in [-0.1, -0.05) is 6.07 Å². The van der Waals surface area contributed by atoms with Crippen LogP contribution in [0.2, 0.25) is 0 Å². The van der Waals surface area contributed by atoms with Gasteiger partial charge in [0.25, 0.3) is 11.8 Å². The quantitative estimate of drug-likeness (QED) is 0.720. The van der Waals surface area contributed by atoms with Crippen molar-refractivity contribution in [2.45, 2.75) is 13.3 Å². The van der Waals surface area contributed by atoms with Crippen LogP contribution in [0.5, 0.6) is 5.75 Å². The Hall–Kier alpha value is -3.67. The molecule has 3 aromatic rings. The molecule has 0 spiro atoms. The largest absolute Gasteiger partial charge is 0.494 e. The van der Waals surface area contributed by atoms with Crippen LogP contribution in [0.3, 0.4) is 0 Å². The maximum Gasteiger partial charge on any atom is 0.258 e. The molecular formula is C23H21N3O3. The first-order valence-corrected chi connectivity index (χ1v) is 9.54. The van der Waals surface area contributed by atoms with Crippen molar-refractivity contribution >= 4 is 23.2 Å². The summed E-state index contributed by atoms with van der Waals surface area (Å²) in [7, 11) is 0. The Morgan fingerprint density at radius 3 is 2.52 bits per heavy atom. The van der Waals surface area contributed by atoms with Gasteiger partial charge in [0.2, 0.25) is 0 Å². The third kappa shape index (κ3) is 3.96. The van der Waals surface area contributed by atoms with Crippen LogP contribution < -0.4 is 15.0 Å².